The van der Waals surface area contributed by atoms with E-state index in [2.05, 4.69) is 15.2 Å². The third kappa shape index (κ3) is 2.02. The summed E-state index contributed by atoms with van der Waals surface area (Å²) >= 11 is 0. The van der Waals surface area contributed by atoms with Gasteiger partial charge in [-0.15, -0.1) is 0 Å². The molecule has 0 aromatic carbocycles. The van der Waals surface area contributed by atoms with Gasteiger partial charge in [0, 0.05) is 6.20 Å². The molecule has 0 aliphatic carbocycles. The maximum Gasteiger partial charge on any atom is 0.251 e. The first-order valence-electron chi connectivity index (χ1n) is 5.26. The van der Waals surface area contributed by atoms with Crippen LogP contribution in [0.5, 0.6) is 5.88 Å². The Balaban J connectivity index is 2.43. The summed E-state index contributed by atoms with van der Waals surface area (Å²) in [6, 6.07) is 1.27. The van der Waals surface area contributed by atoms with Gasteiger partial charge in [0.2, 0.25) is 5.78 Å². The van der Waals surface area contributed by atoms with Gasteiger partial charge in [-0.3, -0.25) is 9.89 Å². The van der Waals surface area contributed by atoms with Crippen LogP contribution in [0.3, 0.4) is 0 Å². The topological polar surface area (TPSA) is 93.9 Å². The second-order valence-electron chi connectivity index (χ2n) is 3.44. The lowest BCUT2D eigenvalue weighted by atomic mass is 10.1. The summed E-state index contributed by atoms with van der Waals surface area (Å²) in [4.78, 5) is 15.8. The Labute approximate surface area is 102 Å². The number of nitrogens with zero attached hydrogens (tertiary/aromatic N) is 2. The van der Waals surface area contributed by atoms with E-state index in [1.165, 1.54) is 18.5 Å². The number of anilines is 1. The molecule has 18 heavy (non-hydrogen) atoms. The van der Waals surface area contributed by atoms with Gasteiger partial charge in [-0.1, -0.05) is 0 Å². The third-order valence-electron chi connectivity index (χ3n) is 2.30. The lowest BCUT2D eigenvalue weighted by Gasteiger charge is -2.06. The Bertz CT molecular complexity index is 582. The minimum absolute atomic E-state index is 0.0918. The third-order valence-corrected chi connectivity index (χ3v) is 2.30. The Morgan fingerprint density at radius 1 is 1.56 bits per heavy atom. The van der Waals surface area contributed by atoms with E-state index in [0.717, 1.165) is 0 Å². The molecular weight excluding hydrogens is 239 g/mol. The molecule has 2 aromatic heterocycles. The molecule has 94 valence electrons. The van der Waals surface area contributed by atoms with E-state index in [1.54, 1.807) is 6.92 Å². The fourth-order valence-corrected chi connectivity index (χ4v) is 1.46. The summed E-state index contributed by atoms with van der Waals surface area (Å²) in [5.41, 5.74) is 5.48. The van der Waals surface area contributed by atoms with Gasteiger partial charge < -0.3 is 10.5 Å². The fourth-order valence-electron chi connectivity index (χ4n) is 1.46. The molecule has 0 bridgehead atoms. The Morgan fingerprint density at radius 2 is 2.33 bits per heavy atom. The summed E-state index contributed by atoms with van der Waals surface area (Å²) in [5.74, 6) is -1.48. The van der Waals surface area contributed by atoms with Crippen LogP contribution in [0.15, 0.2) is 18.5 Å². The average molecular weight is 250 g/mol. The molecule has 0 spiro atoms. The highest BCUT2D eigenvalue weighted by molar-refractivity contribution is 6.11. The monoisotopic (exact) mass is 250 g/mol. The molecule has 0 radical (unpaired) electrons. The Hall–Kier alpha value is -2.44. The number of H-pyrrole nitrogens is 1. The molecule has 0 fully saturated rings. The summed E-state index contributed by atoms with van der Waals surface area (Å²) in [5, 5.41) is 6.03. The van der Waals surface area contributed by atoms with Crippen LogP contribution in [0.2, 0.25) is 0 Å². The van der Waals surface area contributed by atoms with Crippen molar-refractivity contribution in [1.29, 1.82) is 0 Å². The van der Waals surface area contributed by atoms with E-state index in [-0.39, 0.29) is 29.4 Å². The van der Waals surface area contributed by atoms with Gasteiger partial charge in [0.25, 0.3) is 5.88 Å². The largest absolute Gasteiger partial charge is 0.476 e. The number of hydrogen-bond acceptors (Lipinski definition) is 5. The van der Waals surface area contributed by atoms with E-state index in [1.807, 2.05) is 0 Å². The summed E-state index contributed by atoms with van der Waals surface area (Å²) in [6.07, 6.45) is 2.55. The molecule has 2 rings (SSSR count). The minimum Gasteiger partial charge on any atom is -0.476 e. The van der Waals surface area contributed by atoms with Crippen molar-refractivity contribution < 1.29 is 13.9 Å². The molecule has 0 aliphatic heterocycles. The molecule has 3 N–H and O–H groups in total. The number of aromatic nitrogens is 3. The number of pyridine rings is 1. The van der Waals surface area contributed by atoms with Crippen LogP contribution in [0, 0.1) is 5.82 Å². The van der Waals surface area contributed by atoms with Crippen molar-refractivity contribution in [2.45, 2.75) is 6.92 Å². The van der Waals surface area contributed by atoms with Crippen molar-refractivity contribution in [2.24, 2.45) is 0 Å². The van der Waals surface area contributed by atoms with Crippen molar-refractivity contribution in [3.05, 3.63) is 35.4 Å². The van der Waals surface area contributed by atoms with Crippen molar-refractivity contribution in [1.82, 2.24) is 15.2 Å². The van der Waals surface area contributed by atoms with Crippen molar-refractivity contribution >= 4 is 11.6 Å². The van der Waals surface area contributed by atoms with Gasteiger partial charge in [0.1, 0.15) is 5.82 Å². The van der Waals surface area contributed by atoms with Crippen LogP contribution in [0.4, 0.5) is 10.2 Å². The zero-order valence-electron chi connectivity index (χ0n) is 9.61. The van der Waals surface area contributed by atoms with Gasteiger partial charge >= 0.3 is 0 Å². The second kappa shape index (κ2) is 4.82. The lowest BCUT2D eigenvalue weighted by molar-refractivity contribution is 0.103. The van der Waals surface area contributed by atoms with E-state index >= 15 is 0 Å². The number of ether oxygens (including phenoxy) is 1. The molecule has 0 saturated carbocycles. The van der Waals surface area contributed by atoms with Gasteiger partial charge in [-0.25, -0.2) is 9.37 Å². The number of ketones is 1. The standard InChI is InChI=1S/C11H11FN4O2/c1-2-18-11-8(12)6(3-4-14-11)9(17)7-5-15-16-10(7)13/h3-5H,2H2,1H3,(H3,13,15,16). The maximum atomic E-state index is 14.0. The lowest BCUT2D eigenvalue weighted by Crippen LogP contribution is -2.08. The van der Waals surface area contributed by atoms with E-state index < -0.39 is 11.6 Å². The number of nitrogens with one attached hydrogen (secondary N) is 1. The maximum absolute atomic E-state index is 14.0. The number of nitrogen functional groups attached to an aromatic ring is 1. The van der Waals surface area contributed by atoms with E-state index in [0.29, 0.717) is 0 Å². The van der Waals surface area contributed by atoms with Crippen LogP contribution in [-0.2, 0) is 0 Å². The number of nitrogens with two attached hydrogens (primary N) is 1. The summed E-state index contributed by atoms with van der Waals surface area (Å²) in [6.45, 7) is 1.96. The molecule has 2 aromatic rings. The number of carbonyl (C=O) groups excluding carboxylic acids is 1. The van der Waals surface area contributed by atoms with Crippen molar-refractivity contribution in [3.8, 4) is 5.88 Å². The molecule has 7 heteroatoms. The zero-order valence-corrected chi connectivity index (χ0v) is 9.61. The quantitative estimate of drug-likeness (QED) is 0.794. The molecule has 6 nitrogen and oxygen atoms in total. The molecule has 0 amide bonds. The Kier molecular flexibility index (Phi) is 3.22. The first kappa shape index (κ1) is 12.0. The highest BCUT2D eigenvalue weighted by Gasteiger charge is 2.21. The first-order chi connectivity index (χ1) is 8.65. The van der Waals surface area contributed by atoms with E-state index in [9.17, 15) is 9.18 Å². The smallest absolute Gasteiger partial charge is 0.251 e. The van der Waals surface area contributed by atoms with Crippen LogP contribution >= 0.6 is 0 Å². The highest BCUT2D eigenvalue weighted by Crippen LogP contribution is 2.21. The Morgan fingerprint density at radius 3 is 2.94 bits per heavy atom. The van der Waals surface area contributed by atoms with Crippen molar-refractivity contribution in [3.63, 3.8) is 0 Å². The van der Waals surface area contributed by atoms with E-state index in [4.69, 9.17) is 10.5 Å². The van der Waals surface area contributed by atoms with Crippen molar-refractivity contribution in [2.75, 3.05) is 12.3 Å². The van der Waals surface area contributed by atoms with Gasteiger partial charge in [-0.2, -0.15) is 5.10 Å². The van der Waals surface area contributed by atoms with Gasteiger partial charge in [0.15, 0.2) is 5.82 Å². The number of hydrogen-bond donors (Lipinski definition) is 2. The number of aromatic amines is 1. The average Bonchev–Trinajstić information content (AvgIpc) is 2.78. The van der Waals surface area contributed by atoms with Crippen LogP contribution in [0.1, 0.15) is 22.8 Å². The molecule has 0 aliphatic rings. The summed E-state index contributed by atoms with van der Waals surface area (Å²) in [7, 11) is 0. The van der Waals surface area contributed by atoms with Gasteiger partial charge in [0.05, 0.1) is 23.9 Å². The predicted octanol–water partition coefficient (Wildman–Crippen LogP) is 1.16. The molecule has 0 unspecified atom stereocenters. The molecular formula is C11H11FN4O2. The predicted molar refractivity (Wildman–Crippen MR) is 61.8 cm³/mol. The zero-order chi connectivity index (χ0) is 13.1. The number of carbonyl (C=O) groups is 1. The molecule has 0 saturated heterocycles. The van der Waals surface area contributed by atoms with Crippen LogP contribution in [0.25, 0.3) is 0 Å². The fraction of sp³-hybridized carbons (Fsp3) is 0.182. The van der Waals surface area contributed by atoms with Gasteiger partial charge in [-0.05, 0) is 13.0 Å². The minimum atomic E-state index is -0.801. The highest BCUT2D eigenvalue weighted by atomic mass is 19.1. The van der Waals surface area contributed by atoms with Crippen LogP contribution in [-0.4, -0.2) is 27.6 Å². The molecule has 0 atom stereocenters. The SMILES string of the molecule is CCOc1nccc(C(=O)c2cn[nH]c2N)c1F. The molecule has 2 heterocycles. The first-order valence-corrected chi connectivity index (χ1v) is 5.26. The second-order valence-corrected chi connectivity index (χ2v) is 3.44. The van der Waals surface area contributed by atoms with Crippen LogP contribution < -0.4 is 10.5 Å². The number of halogens is 1. The number of rotatable bonds is 4. The normalized spacial score (nSPS) is 10.3. The summed E-state index contributed by atoms with van der Waals surface area (Å²) < 4.78 is 18.9.